The van der Waals surface area contributed by atoms with Gasteiger partial charge in [-0.05, 0) is 36.8 Å². The van der Waals surface area contributed by atoms with E-state index >= 15 is 0 Å². The first-order chi connectivity index (χ1) is 16.4. The maximum absolute atomic E-state index is 13.0. The SMILES string of the molecule is COc1ccc(S(=O)(=O)N2CCOCC2)cc1NC(=O)CNc1ccccc1N1CCCC1=O. The zero-order valence-corrected chi connectivity index (χ0v) is 19.8. The molecular weight excluding hydrogens is 460 g/mol. The number of hydrogen-bond acceptors (Lipinski definition) is 7. The summed E-state index contributed by atoms with van der Waals surface area (Å²) in [5.41, 5.74) is 1.66. The highest BCUT2D eigenvalue weighted by Gasteiger charge is 2.27. The molecule has 2 aliphatic rings. The number of sulfonamides is 1. The topological polar surface area (TPSA) is 117 Å². The summed E-state index contributed by atoms with van der Waals surface area (Å²) in [5, 5.41) is 5.81. The second-order valence-electron chi connectivity index (χ2n) is 7.95. The van der Waals surface area contributed by atoms with Gasteiger partial charge in [0.05, 0.1) is 48.8 Å². The zero-order valence-electron chi connectivity index (χ0n) is 19.0. The number of methoxy groups -OCH3 is 1. The number of rotatable bonds is 8. The van der Waals surface area contributed by atoms with E-state index in [9.17, 15) is 18.0 Å². The van der Waals surface area contributed by atoms with E-state index in [1.165, 1.54) is 29.6 Å². The largest absolute Gasteiger partial charge is 0.495 e. The highest BCUT2D eigenvalue weighted by atomic mass is 32.2. The van der Waals surface area contributed by atoms with Gasteiger partial charge in [0.15, 0.2) is 0 Å². The van der Waals surface area contributed by atoms with Gasteiger partial charge in [-0.3, -0.25) is 9.59 Å². The molecule has 0 aromatic heterocycles. The van der Waals surface area contributed by atoms with Crippen molar-refractivity contribution in [1.82, 2.24) is 4.31 Å². The molecule has 2 fully saturated rings. The maximum atomic E-state index is 13.0. The Morgan fingerprint density at radius 2 is 1.85 bits per heavy atom. The molecule has 4 rings (SSSR count). The van der Waals surface area contributed by atoms with Crippen LogP contribution in [0.15, 0.2) is 47.4 Å². The first kappa shape index (κ1) is 24.0. The molecule has 11 heteroatoms. The molecule has 0 spiro atoms. The van der Waals surface area contributed by atoms with E-state index in [-0.39, 0.29) is 42.0 Å². The highest BCUT2D eigenvalue weighted by Crippen LogP contribution is 2.31. The van der Waals surface area contributed by atoms with Gasteiger partial charge in [-0.25, -0.2) is 8.42 Å². The lowest BCUT2D eigenvalue weighted by Crippen LogP contribution is -2.40. The molecule has 2 amide bonds. The Morgan fingerprint density at radius 3 is 2.56 bits per heavy atom. The zero-order chi connectivity index (χ0) is 24.1. The number of amides is 2. The minimum absolute atomic E-state index is 0.0572. The first-order valence-electron chi connectivity index (χ1n) is 11.1. The fourth-order valence-electron chi connectivity index (χ4n) is 4.01. The average Bonchev–Trinajstić information content (AvgIpc) is 3.29. The van der Waals surface area contributed by atoms with E-state index in [4.69, 9.17) is 9.47 Å². The van der Waals surface area contributed by atoms with E-state index in [1.807, 2.05) is 24.3 Å². The van der Waals surface area contributed by atoms with Crippen molar-refractivity contribution in [1.29, 1.82) is 0 Å². The lowest BCUT2D eigenvalue weighted by Gasteiger charge is -2.26. The van der Waals surface area contributed by atoms with E-state index in [1.54, 1.807) is 4.90 Å². The Balaban J connectivity index is 1.47. The Hall–Kier alpha value is -3.15. The van der Waals surface area contributed by atoms with Crippen LogP contribution in [-0.2, 0) is 24.3 Å². The molecule has 2 aliphatic heterocycles. The quantitative estimate of drug-likeness (QED) is 0.583. The minimum Gasteiger partial charge on any atom is -0.495 e. The number of ether oxygens (including phenoxy) is 2. The predicted molar refractivity (Wildman–Crippen MR) is 128 cm³/mol. The maximum Gasteiger partial charge on any atom is 0.243 e. The van der Waals surface area contributed by atoms with Crippen LogP contribution in [-0.4, -0.2) is 71.0 Å². The number of morpholine rings is 1. The highest BCUT2D eigenvalue weighted by molar-refractivity contribution is 7.89. The molecule has 34 heavy (non-hydrogen) atoms. The Morgan fingerprint density at radius 1 is 1.09 bits per heavy atom. The second-order valence-corrected chi connectivity index (χ2v) is 9.88. The molecule has 2 heterocycles. The van der Waals surface area contributed by atoms with Crippen molar-refractivity contribution < 1.29 is 27.5 Å². The summed E-state index contributed by atoms with van der Waals surface area (Å²) in [4.78, 5) is 26.7. The summed E-state index contributed by atoms with van der Waals surface area (Å²) in [6.07, 6.45) is 1.31. The van der Waals surface area contributed by atoms with Crippen LogP contribution in [0.2, 0.25) is 0 Å². The monoisotopic (exact) mass is 488 g/mol. The Kier molecular flexibility index (Phi) is 7.35. The number of carbonyl (C=O) groups is 2. The lowest BCUT2D eigenvalue weighted by atomic mass is 10.2. The van der Waals surface area contributed by atoms with Crippen molar-refractivity contribution >= 4 is 38.9 Å². The normalized spacial score (nSPS) is 17.0. The standard InChI is InChI=1S/C23H28N4O6S/c1-32-21-9-8-17(34(30,31)26-11-13-33-14-12-26)15-19(21)25-22(28)16-24-18-5-2-3-6-20(18)27-10-4-7-23(27)29/h2-3,5-6,8-9,15,24H,4,7,10-14,16H2,1H3,(H,25,28). The van der Waals surface area contributed by atoms with Crippen molar-refractivity contribution in [3.63, 3.8) is 0 Å². The third-order valence-corrected chi connectivity index (χ3v) is 7.66. The van der Waals surface area contributed by atoms with Crippen molar-refractivity contribution in [3.05, 3.63) is 42.5 Å². The van der Waals surface area contributed by atoms with Crippen LogP contribution in [0.25, 0.3) is 0 Å². The van der Waals surface area contributed by atoms with Crippen LogP contribution >= 0.6 is 0 Å². The molecule has 182 valence electrons. The fraction of sp³-hybridized carbons (Fsp3) is 0.391. The number of benzene rings is 2. The molecule has 2 saturated heterocycles. The Labute approximate surface area is 198 Å². The van der Waals surface area contributed by atoms with E-state index in [0.717, 1.165) is 12.1 Å². The third-order valence-electron chi connectivity index (χ3n) is 5.76. The summed E-state index contributed by atoms with van der Waals surface area (Å²) in [6, 6.07) is 11.7. The molecule has 10 nitrogen and oxygen atoms in total. The summed E-state index contributed by atoms with van der Waals surface area (Å²) in [6.45, 7) is 1.80. The van der Waals surface area contributed by atoms with Crippen molar-refractivity contribution in [2.75, 3.05) is 62.0 Å². The fourth-order valence-corrected chi connectivity index (χ4v) is 5.45. The predicted octanol–water partition coefficient (Wildman–Crippen LogP) is 1.89. The van der Waals surface area contributed by atoms with Crippen LogP contribution in [0.1, 0.15) is 12.8 Å². The average molecular weight is 489 g/mol. The molecule has 0 atom stereocenters. The number of para-hydroxylation sites is 2. The first-order valence-corrected chi connectivity index (χ1v) is 12.5. The Bertz CT molecular complexity index is 1160. The molecule has 0 aliphatic carbocycles. The van der Waals surface area contributed by atoms with Gasteiger partial charge in [0.2, 0.25) is 21.8 Å². The lowest BCUT2D eigenvalue weighted by molar-refractivity contribution is -0.117. The summed E-state index contributed by atoms with van der Waals surface area (Å²) < 4.78 is 37.9. The molecule has 2 N–H and O–H groups in total. The second kappa shape index (κ2) is 10.4. The smallest absolute Gasteiger partial charge is 0.243 e. The van der Waals surface area contributed by atoms with Gasteiger partial charge >= 0.3 is 0 Å². The van der Waals surface area contributed by atoms with Crippen molar-refractivity contribution in [3.8, 4) is 5.75 Å². The number of nitrogens with one attached hydrogen (secondary N) is 2. The van der Waals surface area contributed by atoms with Gasteiger partial charge in [0.1, 0.15) is 5.75 Å². The van der Waals surface area contributed by atoms with Gasteiger partial charge in [0, 0.05) is 26.1 Å². The van der Waals surface area contributed by atoms with E-state index < -0.39 is 10.0 Å². The van der Waals surface area contributed by atoms with Crippen LogP contribution in [0.5, 0.6) is 5.75 Å². The van der Waals surface area contributed by atoms with Crippen LogP contribution in [0.4, 0.5) is 17.1 Å². The summed E-state index contributed by atoms with van der Waals surface area (Å²) in [7, 11) is -2.28. The van der Waals surface area contributed by atoms with Crippen LogP contribution < -0.4 is 20.3 Å². The van der Waals surface area contributed by atoms with E-state index in [2.05, 4.69) is 10.6 Å². The molecule has 0 saturated carbocycles. The van der Waals surface area contributed by atoms with Gasteiger partial charge < -0.3 is 25.0 Å². The molecular formula is C23H28N4O6S. The van der Waals surface area contributed by atoms with Gasteiger partial charge in [-0.2, -0.15) is 4.31 Å². The summed E-state index contributed by atoms with van der Waals surface area (Å²) >= 11 is 0. The van der Waals surface area contributed by atoms with Gasteiger partial charge in [-0.1, -0.05) is 12.1 Å². The van der Waals surface area contributed by atoms with Gasteiger partial charge in [-0.15, -0.1) is 0 Å². The van der Waals surface area contributed by atoms with Crippen LogP contribution in [0.3, 0.4) is 0 Å². The number of carbonyl (C=O) groups excluding carboxylic acids is 2. The van der Waals surface area contributed by atoms with Crippen molar-refractivity contribution in [2.45, 2.75) is 17.7 Å². The molecule has 0 radical (unpaired) electrons. The van der Waals surface area contributed by atoms with Gasteiger partial charge in [0.25, 0.3) is 0 Å². The molecule has 2 aromatic rings. The van der Waals surface area contributed by atoms with Crippen LogP contribution in [0, 0.1) is 0 Å². The molecule has 0 bridgehead atoms. The number of anilines is 3. The number of nitrogens with zero attached hydrogens (tertiary/aromatic N) is 2. The van der Waals surface area contributed by atoms with E-state index in [0.29, 0.717) is 37.6 Å². The van der Waals surface area contributed by atoms with Crippen molar-refractivity contribution in [2.24, 2.45) is 0 Å². The molecule has 2 aromatic carbocycles. The summed E-state index contributed by atoms with van der Waals surface area (Å²) in [5.74, 6) is 0.0147. The minimum atomic E-state index is -3.73. The molecule has 0 unspecified atom stereocenters. The number of hydrogen-bond donors (Lipinski definition) is 2. The third kappa shape index (κ3) is 5.16.